The summed E-state index contributed by atoms with van der Waals surface area (Å²) in [5.41, 5.74) is 1.88. The van der Waals surface area contributed by atoms with E-state index in [-0.39, 0.29) is 18.2 Å². The summed E-state index contributed by atoms with van der Waals surface area (Å²) in [5.74, 6) is 0.429. The van der Waals surface area contributed by atoms with Crippen LogP contribution in [0.1, 0.15) is 42.9 Å². The number of benzene rings is 1. The zero-order valence-corrected chi connectivity index (χ0v) is 14.1. The second-order valence-corrected chi connectivity index (χ2v) is 6.43. The van der Waals surface area contributed by atoms with Crippen LogP contribution in [0.25, 0.3) is 0 Å². The minimum atomic E-state index is -0.908. The number of rotatable bonds is 5. The van der Waals surface area contributed by atoms with Crippen molar-refractivity contribution in [3.63, 3.8) is 0 Å². The summed E-state index contributed by atoms with van der Waals surface area (Å²) in [6.45, 7) is 0.551. The molecule has 6 heteroatoms. The zero-order valence-electron chi connectivity index (χ0n) is 14.1. The van der Waals surface area contributed by atoms with Crippen LogP contribution >= 0.6 is 0 Å². The summed E-state index contributed by atoms with van der Waals surface area (Å²) in [6, 6.07) is 3.27. The van der Waals surface area contributed by atoms with Gasteiger partial charge in [0.25, 0.3) is 0 Å². The Labute approximate surface area is 141 Å². The topological polar surface area (TPSA) is 76.1 Å². The summed E-state index contributed by atoms with van der Waals surface area (Å²) in [7, 11) is 3.13. The first-order valence-electron chi connectivity index (χ1n) is 8.32. The molecule has 1 fully saturated rings. The van der Waals surface area contributed by atoms with Gasteiger partial charge >= 0.3 is 5.97 Å². The number of carbonyl (C=O) groups is 2. The van der Waals surface area contributed by atoms with Gasteiger partial charge in [0, 0.05) is 12.5 Å². The van der Waals surface area contributed by atoms with Crippen LogP contribution in [0, 0.1) is 5.92 Å². The molecular formula is C18H23NO5. The van der Waals surface area contributed by atoms with Gasteiger partial charge in [0.2, 0.25) is 5.91 Å². The highest BCUT2D eigenvalue weighted by Crippen LogP contribution is 2.41. The normalized spacial score (nSPS) is 20.1. The molecule has 0 radical (unpaired) electrons. The molecule has 24 heavy (non-hydrogen) atoms. The summed E-state index contributed by atoms with van der Waals surface area (Å²) < 4.78 is 10.7. The average Bonchev–Trinajstić information content (AvgIpc) is 2.51. The van der Waals surface area contributed by atoms with E-state index in [1.54, 1.807) is 19.1 Å². The first kappa shape index (κ1) is 16.6. The highest BCUT2D eigenvalue weighted by molar-refractivity contribution is 5.81. The molecule has 1 saturated carbocycles. The number of hydrogen-bond acceptors (Lipinski definition) is 4. The monoisotopic (exact) mass is 333 g/mol. The third kappa shape index (κ3) is 2.92. The predicted octanol–water partition coefficient (Wildman–Crippen LogP) is 2.40. The molecule has 1 atom stereocenters. The van der Waals surface area contributed by atoms with Gasteiger partial charge in [-0.1, -0.05) is 6.42 Å². The smallest absolute Gasteiger partial charge is 0.305 e. The molecule has 1 N–H and O–H groups in total. The molecule has 1 unspecified atom stereocenters. The molecule has 1 heterocycles. The van der Waals surface area contributed by atoms with Crippen LogP contribution in [0.2, 0.25) is 0 Å². The van der Waals surface area contributed by atoms with E-state index in [9.17, 15) is 14.7 Å². The molecule has 1 aromatic rings. The first-order chi connectivity index (χ1) is 11.5. The van der Waals surface area contributed by atoms with E-state index in [0.717, 1.165) is 30.4 Å². The van der Waals surface area contributed by atoms with Crippen molar-refractivity contribution in [2.75, 3.05) is 20.8 Å². The molecule has 1 aliphatic carbocycles. The Morgan fingerprint density at radius 3 is 2.42 bits per heavy atom. The number of carboxylic acid groups (broad SMARTS) is 1. The van der Waals surface area contributed by atoms with E-state index in [1.165, 1.54) is 0 Å². The maximum absolute atomic E-state index is 12.7. The van der Waals surface area contributed by atoms with Crippen LogP contribution in [-0.4, -0.2) is 42.6 Å². The van der Waals surface area contributed by atoms with E-state index in [0.29, 0.717) is 24.5 Å². The van der Waals surface area contributed by atoms with E-state index in [2.05, 4.69) is 0 Å². The van der Waals surface area contributed by atoms with Crippen molar-refractivity contribution in [3.8, 4) is 11.5 Å². The van der Waals surface area contributed by atoms with Gasteiger partial charge in [-0.25, -0.2) is 0 Å². The van der Waals surface area contributed by atoms with Crippen molar-refractivity contribution in [2.24, 2.45) is 5.92 Å². The number of fused-ring (bicyclic) bond motifs is 1. The van der Waals surface area contributed by atoms with E-state index in [1.807, 2.05) is 12.1 Å². The standard InChI is InChI=1S/C18H23NO5/c1-23-15-8-12-6-7-19(18(22)11-4-3-5-11)14(10-17(20)21)13(12)9-16(15)24-2/h8-9,11,14H,3-7,10H2,1-2H3,(H,20,21). The Morgan fingerprint density at radius 2 is 1.88 bits per heavy atom. The van der Waals surface area contributed by atoms with Crippen molar-refractivity contribution in [1.82, 2.24) is 4.90 Å². The fourth-order valence-corrected chi connectivity index (χ4v) is 3.57. The fraction of sp³-hybridized carbons (Fsp3) is 0.556. The summed E-state index contributed by atoms with van der Waals surface area (Å²) in [5, 5.41) is 9.33. The maximum Gasteiger partial charge on any atom is 0.305 e. The van der Waals surface area contributed by atoms with Gasteiger partial charge in [-0.15, -0.1) is 0 Å². The SMILES string of the molecule is COc1cc2c(cc1OC)C(CC(=O)O)N(C(=O)C1CCC1)CC2. The van der Waals surface area contributed by atoms with Crippen molar-refractivity contribution in [1.29, 1.82) is 0 Å². The highest BCUT2D eigenvalue weighted by atomic mass is 16.5. The molecule has 1 aliphatic heterocycles. The zero-order chi connectivity index (χ0) is 17.3. The van der Waals surface area contributed by atoms with Crippen LogP contribution in [0.4, 0.5) is 0 Å². The van der Waals surface area contributed by atoms with Crippen LogP contribution in [0.15, 0.2) is 12.1 Å². The van der Waals surface area contributed by atoms with Crippen LogP contribution < -0.4 is 9.47 Å². The predicted molar refractivity (Wildman–Crippen MR) is 87.3 cm³/mol. The number of carboxylic acids is 1. The Morgan fingerprint density at radius 1 is 1.21 bits per heavy atom. The number of nitrogens with zero attached hydrogens (tertiary/aromatic N) is 1. The van der Waals surface area contributed by atoms with Gasteiger partial charge in [-0.3, -0.25) is 9.59 Å². The molecule has 3 rings (SSSR count). The Hall–Kier alpha value is -2.24. The molecule has 0 aromatic heterocycles. The first-order valence-corrected chi connectivity index (χ1v) is 8.32. The molecule has 2 aliphatic rings. The van der Waals surface area contributed by atoms with E-state index >= 15 is 0 Å². The largest absolute Gasteiger partial charge is 0.493 e. The molecule has 6 nitrogen and oxygen atoms in total. The third-order valence-electron chi connectivity index (χ3n) is 5.11. The molecule has 0 bridgehead atoms. The molecule has 130 valence electrons. The lowest BCUT2D eigenvalue weighted by atomic mass is 9.82. The van der Waals surface area contributed by atoms with Gasteiger partial charge in [0.15, 0.2) is 11.5 Å². The van der Waals surface area contributed by atoms with Gasteiger partial charge in [0.05, 0.1) is 26.7 Å². The number of amides is 1. The lowest BCUT2D eigenvalue weighted by Gasteiger charge is -2.40. The lowest BCUT2D eigenvalue weighted by molar-refractivity contribution is -0.145. The minimum absolute atomic E-state index is 0.0583. The second-order valence-electron chi connectivity index (χ2n) is 6.43. The van der Waals surface area contributed by atoms with Crippen molar-refractivity contribution >= 4 is 11.9 Å². The van der Waals surface area contributed by atoms with Gasteiger partial charge in [-0.2, -0.15) is 0 Å². The van der Waals surface area contributed by atoms with Crippen LogP contribution in [0.3, 0.4) is 0 Å². The summed E-state index contributed by atoms with van der Waals surface area (Å²) in [6.07, 6.45) is 3.50. The lowest BCUT2D eigenvalue weighted by Crippen LogP contribution is -2.45. The van der Waals surface area contributed by atoms with Crippen molar-refractivity contribution in [3.05, 3.63) is 23.3 Å². The quantitative estimate of drug-likeness (QED) is 0.895. The average molecular weight is 333 g/mol. The van der Waals surface area contributed by atoms with Gasteiger partial charge < -0.3 is 19.5 Å². The van der Waals surface area contributed by atoms with E-state index < -0.39 is 12.0 Å². The molecule has 1 aromatic carbocycles. The second kappa shape index (κ2) is 6.71. The van der Waals surface area contributed by atoms with Gasteiger partial charge in [-0.05, 0) is 42.5 Å². The number of carbonyl (C=O) groups excluding carboxylic acids is 1. The molecule has 0 spiro atoms. The number of ether oxygens (including phenoxy) is 2. The number of hydrogen-bond donors (Lipinski definition) is 1. The third-order valence-corrected chi connectivity index (χ3v) is 5.11. The Kier molecular flexibility index (Phi) is 4.64. The number of aliphatic carboxylic acids is 1. The van der Waals surface area contributed by atoms with Gasteiger partial charge in [0.1, 0.15) is 0 Å². The van der Waals surface area contributed by atoms with Crippen LogP contribution in [-0.2, 0) is 16.0 Å². The molecule has 0 saturated heterocycles. The minimum Gasteiger partial charge on any atom is -0.493 e. The van der Waals surface area contributed by atoms with E-state index in [4.69, 9.17) is 9.47 Å². The Bertz CT molecular complexity index is 653. The number of methoxy groups -OCH3 is 2. The fourth-order valence-electron chi connectivity index (χ4n) is 3.57. The maximum atomic E-state index is 12.7. The highest BCUT2D eigenvalue weighted by Gasteiger charge is 2.38. The molecular weight excluding hydrogens is 310 g/mol. The van der Waals surface area contributed by atoms with Crippen molar-refractivity contribution < 1.29 is 24.2 Å². The summed E-state index contributed by atoms with van der Waals surface area (Å²) in [4.78, 5) is 25.9. The van der Waals surface area contributed by atoms with Crippen molar-refractivity contribution in [2.45, 2.75) is 38.1 Å². The molecule has 1 amide bonds. The van der Waals surface area contributed by atoms with Crippen LogP contribution in [0.5, 0.6) is 11.5 Å². The summed E-state index contributed by atoms with van der Waals surface area (Å²) >= 11 is 0. The Balaban J connectivity index is 1.98.